The Balaban J connectivity index is 2.31. The van der Waals surface area contributed by atoms with Gasteiger partial charge >= 0.3 is 5.97 Å². The quantitative estimate of drug-likeness (QED) is 0.596. The molecule has 76 valence electrons. The zero-order valence-corrected chi connectivity index (χ0v) is 7.86. The normalized spacial score (nSPS) is 31.2. The molecular weight excluding hydrogens is 170 g/mol. The summed E-state index contributed by atoms with van der Waals surface area (Å²) in [6, 6.07) is -0.356. The summed E-state index contributed by atoms with van der Waals surface area (Å²) < 4.78 is 0. The Bertz CT molecular complexity index is 184. The van der Waals surface area contributed by atoms with E-state index in [1.54, 1.807) is 6.92 Å². The molecule has 0 amide bonds. The summed E-state index contributed by atoms with van der Waals surface area (Å²) >= 11 is 0. The van der Waals surface area contributed by atoms with Gasteiger partial charge in [0, 0.05) is 6.04 Å². The van der Waals surface area contributed by atoms with E-state index in [-0.39, 0.29) is 12.1 Å². The number of aliphatic hydroxyl groups is 1. The molecule has 2 unspecified atom stereocenters. The van der Waals surface area contributed by atoms with E-state index in [1.807, 2.05) is 0 Å². The number of aliphatic hydroxyl groups excluding tert-OH is 1. The van der Waals surface area contributed by atoms with Crippen LogP contribution in [0.5, 0.6) is 0 Å². The van der Waals surface area contributed by atoms with Crippen molar-refractivity contribution < 1.29 is 15.0 Å². The Morgan fingerprint density at radius 3 is 2.77 bits per heavy atom. The monoisotopic (exact) mass is 187 g/mol. The smallest absolute Gasteiger partial charge is 0.320 e. The third-order valence-electron chi connectivity index (χ3n) is 2.50. The predicted molar refractivity (Wildman–Crippen MR) is 48.5 cm³/mol. The summed E-state index contributed by atoms with van der Waals surface area (Å²) in [4.78, 5) is 10.5. The van der Waals surface area contributed by atoms with E-state index >= 15 is 0 Å². The number of hydrogen-bond acceptors (Lipinski definition) is 3. The number of nitrogens with one attached hydrogen (secondary N) is 1. The van der Waals surface area contributed by atoms with E-state index in [9.17, 15) is 9.90 Å². The number of aliphatic carboxylic acids is 1. The SMILES string of the molecule is C[C@H](NC1CCCC(O)C1)C(=O)O. The topological polar surface area (TPSA) is 69.6 Å². The van der Waals surface area contributed by atoms with E-state index in [2.05, 4.69) is 5.32 Å². The van der Waals surface area contributed by atoms with Gasteiger partial charge < -0.3 is 15.5 Å². The maximum atomic E-state index is 10.5. The van der Waals surface area contributed by atoms with Crippen LogP contribution >= 0.6 is 0 Å². The molecular formula is C9H17NO3. The number of hydrogen-bond donors (Lipinski definition) is 3. The van der Waals surface area contributed by atoms with Gasteiger partial charge in [-0.05, 0) is 32.6 Å². The van der Waals surface area contributed by atoms with Gasteiger partial charge in [0.05, 0.1) is 6.10 Å². The lowest BCUT2D eigenvalue weighted by atomic mass is 9.92. The molecule has 0 radical (unpaired) electrons. The van der Waals surface area contributed by atoms with Gasteiger partial charge in [-0.25, -0.2) is 0 Å². The van der Waals surface area contributed by atoms with Gasteiger partial charge in [0.15, 0.2) is 0 Å². The highest BCUT2D eigenvalue weighted by Crippen LogP contribution is 2.18. The average Bonchev–Trinajstić information content (AvgIpc) is 2.04. The number of carboxylic acids is 1. The van der Waals surface area contributed by atoms with Crippen molar-refractivity contribution in [2.24, 2.45) is 0 Å². The molecule has 0 spiro atoms. The summed E-state index contributed by atoms with van der Waals surface area (Å²) in [5.41, 5.74) is 0. The van der Waals surface area contributed by atoms with Gasteiger partial charge in [-0.1, -0.05) is 0 Å². The molecule has 0 aromatic heterocycles. The fourth-order valence-corrected chi connectivity index (χ4v) is 1.74. The van der Waals surface area contributed by atoms with Crippen molar-refractivity contribution in [3.63, 3.8) is 0 Å². The van der Waals surface area contributed by atoms with Crippen LogP contribution in [0.3, 0.4) is 0 Å². The van der Waals surface area contributed by atoms with Crippen LogP contribution in [-0.2, 0) is 4.79 Å². The molecule has 1 aliphatic rings. The van der Waals surface area contributed by atoms with Gasteiger partial charge in [0.2, 0.25) is 0 Å². The van der Waals surface area contributed by atoms with Crippen LogP contribution in [0.2, 0.25) is 0 Å². The first kappa shape index (κ1) is 10.5. The first-order valence-electron chi connectivity index (χ1n) is 4.76. The van der Waals surface area contributed by atoms with Crippen LogP contribution in [0.1, 0.15) is 32.6 Å². The van der Waals surface area contributed by atoms with Crippen molar-refractivity contribution >= 4 is 5.97 Å². The van der Waals surface area contributed by atoms with Gasteiger partial charge in [-0.3, -0.25) is 4.79 Å². The minimum absolute atomic E-state index is 0.162. The maximum absolute atomic E-state index is 10.5. The first-order valence-corrected chi connectivity index (χ1v) is 4.76. The van der Waals surface area contributed by atoms with Gasteiger partial charge in [0.25, 0.3) is 0 Å². The van der Waals surface area contributed by atoms with E-state index in [0.717, 1.165) is 19.3 Å². The third-order valence-corrected chi connectivity index (χ3v) is 2.50. The van der Waals surface area contributed by atoms with Crippen LogP contribution in [-0.4, -0.2) is 34.4 Å². The fourth-order valence-electron chi connectivity index (χ4n) is 1.74. The highest BCUT2D eigenvalue weighted by Gasteiger charge is 2.23. The minimum Gasteiger partial charge on any atom is -0.480 e. The molecule has 4 nitrogen and oxygen atoms in total. The van der Waals surface area contributed by atoms with Crippen molar-refractivity contribution in [2.75, 3.05) is 0 Å². The standard InChI is InChI=1S/C9H17NO3/c1-6(9(12)13)10-7-3-2-4-8(11)5-7/h6-8,10-11H,2-5H2,1H3,(H,12,13)/t6-,7?,8?/m0/s1. The van der Waals surface area contributed by atoms with E-state index in [4.69, 9.17) is 5.11 Å². The van der Waals surface area contributed by atoms with Crippen molar-refractivity contribution in [3.05, 3.63) is 0 Å². The zero-order chi connectivity index (χ0) is 9.84. The molecule has 1 aliphatic carbocycles. The lowest BCUT2D eigenvalue weighted by Crippen LogP contribution is -2.44. The molecule has 0 bridgehead atoms. The molecule has 1 saturated carbocycles. The predicted octanol–water partition coefficient (Wildman–Crippen LogP) is 0.353. The van der Waals surface area contributed by atoms with Gasteiger partial charge in [-0.2, -0.15) is 0 Å². The molecule has 0 aromatic rings. The van der Waals surface area contributed by atoms with Crippen LogP contribution < -0.4 is 5.32 Å². The Morgan fingerprint density at radius 2 is 2.23 bits per heavy atom. The van der Waals surface area contributed by atoms with Crippen molar-refractivity contribution in [1.82, 2.24) is 5.32 Å². The maximum Gasteiger partial charge on any atom is 0.320 e. The molecule has 3 N–H and O–H groups in total. The molecule has 0 aromatic carbocycles. The second-order valence-corrected chi connectivity index (χ2v) is 3.74. The molecule has 1 rings (SSSR count). The number of carbonyl (C=O) groups is 1. The fraction of sp³-hybridized carbons (Fsp3) is 0.889. The Morgan fingerprint density at radius 1 is 1.54 bits per heavy atom. The summed E-state index contributed by atoms with van der Waals surface area (Å²) in [7, 11) is 0. The van der Waals surface area contributed by atoms with Crippen LogP contribution in [0.25, 0.3) is 0 Å². The van der Waals surface area contributed by atoms with E-state index in [0.29, 0.717) is 6.42 Å². The number of carboxylic acid groups (broad SMARTS) is 1. The highest BCUT2D eigenvalue weighted by atomic mass is 16.4. The highest BCUT2D eigenvalue weighted by molar-refractivity contribution is 5.72. The zero-order valence-electron chi connectivity index (χ0n) is 7.86. The molecule has 0 heterocycles. The van der Waals surface area contributed by atoms with Crippen molar-refractivity contribution in [1.29, 1.82) is 0 Å². The second kappa shape index (κ2) is 4.58. The lowest BCUT2D eigenvalue weighted by molar-refractivity contribution is -0.139. The van der Waals surface area contributed by atoms with Crippen LogP contribution in [0, 0.1) is 0 Å². The van der Waals surface area contributed by atoms with Crippen molar-refractivity contribution in [2.45, 2.75) is 50.8 Å². The Hall–Kier alpha value is -0.610. The van der Waals surface area contributed by atoms with E-state index < -0.39 is 12.0 Å². The Kier molecular flexibility index (Phi) is 3.69. The molecule has 0 saturated heterocycles. The lowest BCUT2D eigenvalue weighted by Gasteiger charge is -2.28. The summed E-state index contributed by atoms with van der Waals surface area (Å²) in [5, 5.41) is 21.0. The average molecular weight is 187 g/mol. The second-order valence-electron chi connectivity index (χ2n) is 3.74. The largest absolute Gasteiger partial charge is 0.480 e. The van der Waals surface area contributed by atoms with Crippen molar-refractivity contribution in [3.8, 4) is 0 Å². The summed E-state index contributed by atoms with van der Waals surface area (Å²) in [5.74, 6) is -0.833. The third kappa shape index (κ3) is 3.32. The molecule has 1 fully saturated rings. The minimum atomic E-state index is -0.833. The number of rotatable bonds is 3. The molecule has 4 heteroatoms. The molecule has 0 aliphatic heterocycles. The first-order chi connectivity index (χ1) is 6.09. The van der Waals surface area contributed by atoms with Gasteiger partial charge in [-0.15, -0.1) is 0 Å². The summed E-state index contributed by atoms with van der Waals surface area (Å²) in [6.07, 6.45) is 3.21. The van der Waals surface area contributed by atoms with Gasteiger partial charge in [0.1, 0.15) is 6.04 Å². The van der Waals surface area contributed by atoms with Crippen LogP contribution in [0.4, 0.5) is 0 Å². The van der Waals surface area contributed by atoms with Crippen LogP contribution in [0.15, 0.2) is 0 Å². The molecule has 13 heavy (non-hydrogen) atoms. The summed E-state index contributed by atoms with van der Waals surface area (Å²) in [6.45, 7) is 1.63. The molecule has 3 atom stereocenters. The van der Waals surface area contributed by atoms with E-state index in [1.165, 1.54) is 0 Å². The Labute approximate surface area is 78.0 Å².